The van der Waals surface area contributed by atoms with E-state index < -0.39 is 0 Å². The summed E-state index contributed by atoms with van der Waals surface area (Å²) in [4.78, 5) is 33.2. The number of ether oxygens (including phenoxy) is 2. The molecule has 170 valence electrons. The summed E-state index contributed by atoms with van der Waals surface area (Å²) in [6, 6.07) is 5.83. The van der Waals surface area contributed by atoms with Gasteiger partial charge in [0, 0.05) is 49.6 Å². The molecule has 4 heterocycles. The van der Waals surface area contributed by atoms with E-state index in [0.717, 1.165) is 60.9 Å². The third-order valence-corrected chi connectivity index (χ3v) is 6.16. The van der Waals surface area contributed by atoms with Crippen LogP contribution in [0.5, 0.6) is 0 Å². The highest BCUT2D eigenvalue weighted by Crippen LogP contribution is 2.37. The van der Waals surface area contributed by atoms with Gasteiger partial charge in [-0.2, -0.15) is 0 Å². The van der Waals surface area contributed by atoms with Crippen LogP contribution in [0.4, 0.5) is 10.5 Å². The number of carbonyl (C=O) groups is 2. The molecule has 5 rings (SSSR count). The molecule has 8 nitrogen and oxygen atoms in total. The molecule has 0 radical (unpaired) electrons. The topological polar surface area (TPSA) is 83.5 Å². The van der Waals surface area contributed by atoms with E-state index in [1.807, 2.05) is 31.3 Å². The molecular weight excluding hydrogens is 432 g/mol. The minimum absolute atomic E-state index is 0. The van der Waals surface area contributed by atoms with Gasteiger partial charge in [-0.3, -0.25) is 14.7 Å². The Morgan fingerprint density at radius 2 is 2.00 bits per heavy atom. The summed E-state index contributed by atoms with van der Waals surface area (Å²) >= 11 is 0. The molecule has 1 aromatic rings. The normalized spacial score (nSPS) is 24.1. The van der Waals surface area contributed by atoms with Crippen molar-refractivity contribution in [3.63, 3.8) is 0 Å². The summed E-state index contributed by atoms with van der Waals surface area (Å²) in [5.74, 6) is 0.123. The molecule has 0 saturated carbocycles. The zero-order chi connectivity index (χ0) is 21.4. The lowest BCUT2D eigenvalue weighted by atomic mass is 9.97. The van der Waals surface area contributed by atoms with Crippen LogP contribution in [0.3, 0.4) is 0 Å². The minimum atomic E-state index is -0.293. The highest BCUT2D eigenvalue weighted by Gasteiger charge is 2.29. The summed E-state index contributed by atoms with van der Waals surface area (Å²) in [6.07, 6.45) is 3.82. The zero-order valence-corrected chi connectivity index (χ0v) is 18.8. The SMILES string of the molecule is CC(C1=CC(CN2CCOCC2)C=N1)=C1C(=O)Nc2ccc(CN3CCOC3=O)cc21.Cl. The van der Waals surface area contributed by atoms with Gasteiger partial charge in [0.2, 0.25) is 0 Å². The number of allylic oxidation sites excluding steroid dienone is 1. The summed E-state index contributed by atoms with van der Waals surface area (Å²) in [5, 5.41) is 2.96. The molecular formula is C23H27ClN4O4. The van der Waals surface area contributed by atoms with Gasteiger partial charge < -0.3 is 19.7 Å². The molecule has 2 saturated heterocycles. The second kappa shape index (κ2) is 9.44. The van der Waals surface area contributed by atoms with E-state index in [1.54, 1.807) is 4.90 Å². The zero-order valence-electron chi connectivity index (χ0n) is 18.0. The first-order valence-electron chi connectivity index (χ1n) is 10.7. The predicted molar refractivity (Wildman–Crippen MR) is 124 cm³/mol. The van der Waals surface area contributed by atoms with Gasteiger partial charge in [0.1, 0.15) is 6.61 Å². The van der Waals surface area contributed by atoms with Crippen LogP contribution in [0.15, 0.2) is 40.5 Å². The number of anilines is 1. The van der Waals surface area contributed by atoms with Gasteiger partial charge in [-0.05, 0) is 36.3 Å². The van der Waals surface area contributed by atoms with Crippen molar-refractivity contribution in [1.82, 2.24) is 9.80 Å². The maximum Gasteiger partial charge on any atom is 0.410 e. The van der Waals surface area contributed by atoms with E-state index >= 15 is 0 Å². The van der Waals surface area contributed by atoms with E-state index in [9.17, 15) is 9.59 Å². The molecule has 0 aromatic heterocycles. The number of halogens is 1. The van der Waals surface area contributed by atoms with Crippen molar-refractivity contribution < 1.29 is 19.1 Å². The Labute approximate surface area is 193 Å². The molecule has 0 aliphatic carbocycles. The molecule has 4 aliphatic heterocycles. The molecule has 2 fully saturated rings. The number of nitrogens with one attached hydrogen (secondary N) is 1. The lowest BCUT2D eigenvalue weighted by Crippen LogP contribution is -2.39. The summed E-state index contributed by atoms with van der Waals surface area (Å²) < 4.78 is 10.4. The van der Waals surface area contributed by atoms with Crippen molar-refractivity contribution in [2.45, 2.75) is 13.5 Å². The molecule has 2 amide bonds. The second-order valence-electron chi connectivity index (χ2n) is 8.28. The fourth-order valence-electron chi connectivity index (χ4n) is 4.47. The average Bonchev–Trinajstić information content (AvgIpc) is 3.47. The molecule has 1 unspecified atom stereocenters. The average molecular weight is 459 g/mol. The van der Waals surface area contributed by atoms with Crippen molar-refractivity contribution in [2.75, 3.05) is 51.3 Å². The van der Waals surface area contributed by atoms with Crippen molar-refractivity contribution in [3.8, 4) is 0 Å². The number of amides is 2. The highest BCUT2D eigenvalue weighted by atomic mass is 35.5. The Morgan fingerprint density at radius 1 is 1.19 bits per heavy atom. The number of cyclic esters (lactones) is 1. The molecule has 0 spiro atoms. The first-order valence-corrected chi connectivity index (χ1v) is 10.7. The molecule has 0 bridgehead atoms. The molecule has 4 aliphatic rings. The van der Waals surface area contributed by atoms with Crippen LogP contribution >= 0.6 is 12.4 Å². The van der Waals surface area contributed by atoms with E-state index in [-0.39, 0.29) is 30.3 Å². The van der Waals surface area contributed by atoms with Gasteiger partial charge in [0.05, 0.1) is 31.0 Å². The number of hydrogen-bond acceptors (Lipinski definition) is 6. The van der Waals surface area contributed by atoms with Gasteiger partial charge >= 0.3 is 6.09 Å². The van der Waals surface area contributed by atoms with Crippen LogP contribution in [0.1, 0.15) is 18.1 Å². The van der Waals surface area contributed by atoms with Crippen LogP contribution in [-0.2, 0) is 20.8 Å². The molecule has 1 N–H and O–H groups in total. The number of aliphatic imine (C=N–C) groups is 1. The Balaban J connectivity index is 0.00000245. The second-order valence-corrected chi connectivity index (χ2v) is 8.28. The third-order valence-electron chi connectivity index (χ3n) is 6.16. The van der Waals surface area contributed by atoms with E-state index in [0.29, 0.717) is 25.3 Å². The molecule has 1 atom stereocenters. The number of morpholine rings is 1. The van der Waals surface area contributed by atoms with Gasteiger partial charge in [-0.25, -0.2) is 4.79 Å². The minimum Gasteiger partial charge on any atom is -0.448 e. The number of fused-ring (bicyclic) bond motifs is 1. The lowest BCUT2D eigenvalue weighted by Gasteiger charge is -2.27. The Bertz CT molecular complexity index is 1010. The number of benzene rings is 1. The van der Waals surface area contributed by atoms with Crippen LogP contribution < -0.4 is 5.32 Å². The van der Waals surface area contributed by atoms with Crippen molar-refractivity contribution in [1.29, 1.82) is 0 Å². The fraction of sp³-hybridized carbons (Fsp3) is 0.435. The van der Waals surface area contributed by atoms with Crippen LogP contribution in [0.2, 0.25) is 0 Å². The summed E-state index contributed by atoms with van der Waals surface area (Å²) in [7, 11) is 0. The van der Waals surface area contributed by atoms with Gasteiger partial charge in [0.25, 0.3) is 5.91 Å². The number of rotatable bonds is 5. The van der Waals surface area contributed by atoms with E-state index in [2.05, 4.69) is 21.3 Å². The molecule has 9 heteroatoms. The molecule has 1 aromatic carbocycles. The maximum atomic E-state index is 12.8. The Morgan fingerprint density at radius 3 is 2.75 bits per heavy atom. The molecule has 32 heavy (non-hydrogen) atoms. The van der Waals surface area contributed by atoms with Crippen molar-refractivity contribution in [2.24, 2.45) is 10.9 Å². The predicted octanol–water partition coefficient (Wildman–Crippen LogP) is 2.70. The first-order chi connectivity index (χ1) is 15.1. The van der Waals surface area contributed by atoms with Gasteiger partial charge in [-0.15, -0.1) is 12.4 Å². The number of carbonyl (C=O) groups excluding carboxylic acids is 2. The first kappa shape index (κ1) is 22.5. The maximum absolute atomic E-state index is 12.8. The van der Waals surface area contributed by atoms with Crippen LogP contribution in [0.25, 0.3) is 5.57 Å². The summed E-state index contributed by atoms with van der Waals surface area (Å²) in [6.45, 7) is 7.78. The number of hydrogen-bond donors (Lipinski definition) is 1. The summed E-state index contributed by atoms with van der Waals surface area (Å²) in [5.41, 5.74) is 4.99. The quantitative estimate of drug-likeness (QED) is 0.686. The Kier molecular flexibility index (Phi) is 6.64. The van der Waals surface area contributed by atoms with Gasteiger partial charge in [0.15, 0.2) is 0 Å². The standard InChI is InChI=1S/C23H26N4O4.ClH/c1-15(20-11-17(12-24-20)13-26-4-7-30-8-5-26)21-18-10-16(2-3-19(18)25-22(21)28)14-27-6-9-31-23(27)29;/h2-3,10-12,17H,4-9,13-14H2,1H3,(H,25,28);1H. The van der Waals surface area contributed by atoms with Crippen molar-refractivity contribution >= 4 is 41.9 Å². The van der Waals surface area contributed by atoms with Crippen LogP contribution in [0, 0.1) is 5.92 Å². The smallest absolute Gasteiger partial charge is 0.410 e. The third kappa shape index (κ3) is 4.44. The van der Waals surface area contributed by atoms with E-state index in [1.165, 1.54) is 0 Å². The highest BCUT2D eigenvalue weighted by molar-refractivity contribution is 6.32. The fourth-order valence-corrected chi connectivity index (χ4v) is 4.47. The lowest BCUT2D eigenvalue weighted by molar-refractivity contribution is -0.110. The van der Waals surface area contributed by atoms with E-state index in [4.69, 9.17) is 9.47 Å². The number of nitrogens with zero attached hydrogens (tertiary/aromatic N) is 3. The monoisotopic (exact) mass is 458 g/mol. The Hall–Kier alpha value is -2.68. The van der Waals surface area contributed by atoms with Crippen molar-refractivity contribution in [3.05, 3.63) is 46.7 Å². The largest absolute Gasteiger partial charge is 0.448 e. The van der Waals surface area contributed by atoms with Gasteiger partial charge in [-0.1, -0.05) is 6.07 Å². The van der Waals surface area contributed by atoms with Crippen LogP contribution in [-0.4, -0.2) is 74.0 Å².